The molecule has 2 heterocycles. The maximum atomic E-state index is 5.64. The first-order valence-electron chi connectivity index (χ1n) is 4.14. The maximum Gasteiger partial charge on any atom is 0.201 e. The molecular weight excluding hydrogens is 190 g/mol. The number of halogens is 1. The first kappa shape index (κ1) is 8.94. The summed E-state index contributed by atoms with van der Waals surface area (Å²) in [5.74, 6) is 0.486. The third-order valence-corrected chi connectivity index (χ3v) is 2.17. The molecule has 0 radical (unpaired) electrons. The Morgan fingerprint density at radius 1 is 1.38 bits per heavy atom. The number of rotatable bonds is 2. The van der Waals surface area contributed by atoms with Gasteiger partial charge in [0.1, 0.15) is 0 Å². The van der Waals surface area contributed by atoms with Crippen molar-refractivity contribution in [3.05, 3.63) is 29.6 Å². The number of ether oxygens (including phenoxy) is 2. The molecule has 3 nitrogen and oxygen atoms in total. The van der Waals surface area contributed by atoms with Gasteiger partial charge in [-0.1, -0.05) is 6.07 Å². The molecule has 0 atom stereocenters. The van der Waals surface area contributed by atoms with Gasteiger partial charge in [-0.25, -0.2) is 0 Å². The van der Waals surface area contributed by atoms with Crippen LogP contribution in [0.25, 0.3) is 0 Å². The van der Waals surface area contributed by atoms with E-state index in [1.807, 2.05) is 12.1 Å². The molecule has 1 aromatic rings. The fourth-order valence-corrected chi connectivity index (χ4v) is 1.34. The molecule has 0 saturated carbocycles. The highest BCUT2D eigenvalue weighted by atomic mass is 35.5. The number of pyridine rings is 1. The fourth-order valence-electron chi connectivity index (χ4n) is 1.18. The molecule has 4 heteroatoms. The molecule has 0 spiro atoms. The van der Waals surface area contributed by atoms with Crippen molar-refractivity contribution in [2.75, 3.05) is 13.2 Å². The predicted octanol–water partition coefficient (Wildman–Crippen LogP) is 1.87. The van der Waals surface area contributed by atoms with Crippen molar-refractivity contribution in [3.8, 4) is 0 Å². The molecule has 1 aliphatic heterocycles. The molecular formula is C9H10ClNO2. The summed E-state index contributed by atoms with van der Waals surface area (Å²) in [5.41, 5.74) is 1.81. The lowest BCUT2D eigenvalue weighted by Crippen LogP contribution is -2.00. The van der Waals surface area contributed by atoms with Gasteiger partial charge in [0.15, 0.2) is 0 Å². The minimum atomic E-state index is -0.288. The van der Waals surface area contributed by atoms with Crippen molar-refractivity contribution in [1.82, 2.24) is 4.98 Å². The van der Waals surface area contributed by atoms with E-state index in [-0.39, 0.29) is 6.29 Å². The van der Waals surface area contributed by atoms with E-state index in [1.165, 1.54) is 0 Å². The van der Waals surface area contributed by atoms with Gasteiger partial charge in [-0.05, 0) is 11.6 Å². The molecule has 0 N–H and O–H groups in total. The Bertz CT molecular complexity index is 269. The Hall–Kier alpha value is -0.640. The summed E-state index contributed by atoms with van der Waals surface area (Å²) in [6.07, 6.45) is 1.46. The Morgan fingerprint density at radius 3 is 2.69 bits per heavy atom. The van der Waals surface area contributed by atoms with E-state index < -0.39 is 0 Å². The fraction of sp³-hybridized carbons (Fsp3) is 0.444. The summed E-state index contributed by atoms with van der Waals surface area (Å²) in [6, 6.07) is 3.81. The van der Waals surface area contributed by atoms with Crippen LogP contribution in [0, 0.1) is 0 Å². The highest BCUT2D eigenvalue weighted by molar-refractivity contribution is 6.17. The molecule has 0 aromatic carbocycles. The molecule has 1 saturated heterocycles. The van der Waals surface area contributed by atoms with Crippen molar-refractivity contribution in [3.63, 3.8) is 0 Å². The molecule has 0 unspecified atom stereocenters. The molecule has 1 fully saturated rings. The average Bonchev–Trinajstić information content (AvgIpc) is 2.71. The van der Waals surface area contributed by atoms with Crippen LogP contribution in [0.5, 0.6) is 0 Å². The molecule has 1 aromatic heterocycles. The highest BCUT2D eigenvalue weighted by Crippen LogP contribution is 2.21. The lowest BCUT2D eigenvalue weighted by atomic mass is 10.3. The number of hydrogen-bond donors (Lipinski definition) is 0. The predicted molar refractivity (Wildman–Crippen MR) is 48.4 cm³/mol. The summed E-state index contributed by atoms with van der Waals surface area (Å²) >= 11 is 5.64. The van der Waals surface area contributed by atoms with E-state index in [2.05, 4.69) is 4.98 Å². The minimum Gasteiger partial charge on any atom is -0.345 e. The first-order valence-corrected chi connectivity index (χ1v) is 4.67. The second kappa shape index (κ2) is 4.05. The van der Waals surface area contributed by atoms with Crippen LogP contribution < -0.4 is 0 Å². The summed E-state index contributed by atoms with van der Waals surface area (Å²) in [4.78, 5) is 4.20. The topological polar surface area (TPSA) is 31.4 Å². The van der Waals surface area contributed by atoms with Gasteiger partial charge in [-0.3, -0.25) is 4.98 Å². The third kappa shape index (κ3) is 1.99. The summed E-state index contributed by atoms with van der Waals surface area (Å²) in [5, 5.41) is 0. The van der Waals surface area contributed by atoms with Gasteiger partial charge in [0, 0.05) is 12.1 Å². The van der Waals surface area contributed by atoms with Gasteiger partial charge < -0.3 is 9.47 Å². The number of nitrogens with zero attached hydrogens (tertiary/aromatic N) is 1. The van der Waals surface area contributed by atoms with Gasteiger partial charge in [0.2, 0.25) is 6.29 Å². The maximum absolute atomic E-state index is 5.64. The van der Waals surface area contributed by atoms with Gasteiger partial charge in [-0.2, -0.15) is 0 Å². The number of alkyl halides is 1. The average molecular weight is 200 g/mol. The van der Waals surface area contributed by atoms with Crippen LogP contribution in [0.4, 0.5) is 0 Å². The zero-order valence-electron chi connectivity index (χ0n) is 7.07. The Labute approximate surface area is 81.6 Å². The molecule has 0 bridgehead atoms. The van der Waals surface area contributed by atoms with E-state index in [0.717, 1.165) is 11.3 Å². The van der Waals surface area contributed by atoms with Crippen molar-refractivity contribution in [1.29, 1.82) is 0 Å². The van der Waals surface area contributed by atoms with Crippen LogP contribution in [0.1, 0.15) is 17.5 Å². The van der Waals surface area contributed by atoms with Crippen LogP contribution in [0.2, 0.25) is 0 Å². The van der Waals surface area contributed by atoms with Crippen molar-refractivity contribution >= 4 is 11.6 Å². The zero-order chi connectivity index (χ0) is 9.10. The number of aromatic nitrogens is 1. The minimum absolute atomic E-state index is 0.288. The lowest BCUT2D eigenvalue weighted by Gasteiger charge is -2.07. The van der Waals surface area contributed by atoms with Crippen LogP contribution in [-0.2, 0) is 15.4 Å². The SMILES string of the molecule is ClCc1ccc(C2OCCO2)nc1. The highest BCUT2D eigenvalue weighted by Gasteiger charge is 2.18. The summed E-state index contributed by atoms with van der Waals surface area (Å²) in [7, 11) is 0. The van der Waals surface area contributed by atoms with Gasteiger partial charge >= 0.3 is 0 Å². The van der Waals surface area contributed by atoms with Crippen molar-refractivity contribution < 1.29 is 9.47 Å². The summed E-state index contributed by atoms with van der Waals surface area (Å²) in [6.45, 7) is 1.28. The van der Waals surface area contributed by atoms with Crippen molar-refractivity contribution in [2.24, 2.45) is 0 Å². The second-order valence-corrected chi connectivity index (χ2v) is 3.07. The monoisotopic (exact) mass is 199 g/mol. The van der Waals surface area contributed by atoms with Gasteiger partial charge in [0.05, 0.1) is 18.9 Å². The zero-order valence-corrected chi connectivity index (χ0v) is 7.83. The Kier molecular flexibility index (Phi) is 2.78. The van der Waals surface area contributed by atoms with E-state index in [4.69, 9.17) is 21.1 Å². The van der Waals surface area contributed by atoms with E-state index >= 15 is 0 Å². The smallest absolute Gasteiger partial charge is 0.201 e. The van der Waals surface area contributed by atoms with Crippen LogP contribution in [-0.4, -0.2) is 18.2 Å². The lowest BCUT2D eigenvalue weighted by molar-refractivity contribution is -0.0472. The number of hydrogen-bond acceptors (Lipinski definition) is 3. The normalized spacial score (nSPS) is 17.9. The molecule has 2 rings (SSSR count). The van der Waals surface area contributed by atoms with Crippen molar-refractivity contribution in [2.45, 2.75) is 12.2 Å². The quantitative estimate of drug-likeness (QED) is 0.682. The van der Waals surface area contributed by atoms with E-state index in [0.29, 0.717) is 19.1 Å². The largest absolute Gasteiger partial charge is 0.345 e. The van der Waals surface area contributed by atoms with Crippen LogP contribution in [0.15, 0.2) is 18.3 Å². The molecule has 13 heavy (non-hydrogen) atoms. The molecule has 1 aliphatic rings. The van der Waals surface area contributed by atoms with E-state index in [9.17, 15) is 0 Å². The second-order valence-electron chi connectivity index (χ2n) is 2.80. The van der Waals surface area contributed by atoms with Gasteiger partial charge in [0.25, 0.3) is 0 Å². The molecule has 0 aliphatic carbocycles. The molecule has 70 valence electrons. The Balaban J connectivity index is 2.12. The molecule has 0 amide bonds. The summed E-state index contributed by atoms with van der Waals surface area (Å²) < 4.78 is 10.6. The third-order valence-electron chi connectivity index (χ3n) is 1.87. The Morgan fingerprint density at radius 2 is 2.15 bits per heavy atom. The van der Waals surface area contributed by atoms with Gasteiger partial charge in [-0.15, -0.1) is 11.6 Å². The van der Waals surface area contributed by atoms with Crippen LogP contribution >= 0.6 is 11.6 Å². The standard InChI is InChI=1S/C9H10ClNO2/c10-5-7-1-2-8(11-6-7)9-12-3-4-13-9/h1-2,6,9H,3-5H2. The van der Waals surface area contributed by atoms with Crippen LogP contribution in [0.3, 0.4) is 0 Å². The first-order chi connectivity index (χ1) is 6.40. The van der Waals surface area contributed by atoms with E-state index in [1.54, 1.807) is 6.20 Å².